The average Bonchev–Trinajstić information content (AvgIpc) is 2.35. The van der Waals surface area contributed by atoms with Crippen molar-refractivity contribution >= 4 is 22.2 Å². The molecular formula is C13H14N2O. The molecule has 2 aromatic rings. The summed E-state index contributed by atoms with van der Waals surface area (Å²) in [5, 5.41) is 5.39. The van der Waals surface area contributed by atoms with E-state index in [1.165, 1.54) is 0 Å². The highest BCUT2D eigenvalue weighted by molar-refractivity contribution is 5.95. The lowest BCUT2D eigenvalue weighted by molar-refractivity contribution is -0.116. The second-order valence-corrected chi connectivity index (χ2v) is 3.62. The van der Waals surface area contributed by atoms with E-state index in [0.29, 0.717) is 0 Å². The summed E-state index contributed by atoms with van der Waals surface area (Å²) in [6.07, 6.45) is 0. The molecule has 82 valence electrons. The second-order valence-electron chi connectivity index (χ2n) is 3.62. The number of benzene rings is 2. The fraction of sp³-hybridized carbons (Fsp3) is 0.154. The van der Waals surface area contributed by atoms with Gasteiger partial charge < -0.3 is 11.1 Å². The van der Waals surface area contributed by atoms with E-state index >= 15 is 0 Å². The molecule has 2 rings (SSSR count). The molecule has 2 aromatic carbocycles. The molecule has 0 bridgehead atoms. The van der Waals surface area contributed by atoms with Crippen molar-refractivity contribution in [3.05, 3.63) is 42.5 Å². The fourth-order valence-corrected chi connectivity index (χ4v) is 1.65. The Morgan fingerprint density at radius 1 is 1.12 bits per heavy atom. The number of anilines is 1. The number of Topliss-reactive ketones (excluding diaryl/α,β-unsaturated/α-hetero) is 1. The van der Waals surface area contributed by atoms with E-state index in [1.807, 2.05) is 42.5 Å². The lowest BCUT2D eigenvalue weighted by Crippen LogP contribution is -2.22. The van der Waals surface area contributed by atoms with Crippen LogP contribution in [0.1, 0.15) is 0 Å². The molecule has 3 N–H and O–H groups in total. The smallest absolute Gasteiger partial charge is 0.165 e. The van der Waals surface area contributed by atoms with Gasteiger partial charge in [0.15, 0.2) is 5.78 Å². The van der Waals surface area contributed by atoms with Gasteiger partial charge in [-0.25, -0.2) is 0 Å². The minimum atomic E-state index is 0.00735. The van der Waals surface area contributed by atoms with E-state index in [0.717, 1.165) is 16.5 Å². The van der Waals surface area contributed by atoms with E-state index in [2.05, 4.69) is 5.32 Å². The Kier molecular flexibility index (Phi) is 3.17. The SMILES string of the molecule is NCC(=O)CNc1cccc2ccccc12. The Hall–Kier alpha value is -1.87. The van der Waals surface area contributed by atoms with Crippen molar-refractivity contribution in [2.24, 2.45) is 5.73 Å². The number of rotatable bonds is 4. The molecule has 0 saturated heterocycles. The summed E-state index contributed by atoms with van der Waals surface area (Å²) in [4.78, 5) is 11.1. The lowest BCUT2D eigenvalue weighted by atomic mass is 10.1. The number of hydrogen-bond acceptors (Lipinski definition) is 3. The monoisotopic (exact) mass is 214 g/mol. The van der Waals surface area contributed by atoms with Gasteiger partial charge in [0.25, 0.3) is 0 Å². The summed E-state index contributed by atoms with van der Waals surface area (Å²) in [7, 11) is 0. The Morgan fingerprint density at radius 3 is 2.69 bits per heavy atom. The molecule has 0 saturated carbocycles. The maximum absolute atomic E-state index is 11.1. The van der Waals surface area contributed by atoms with Crippen LogP contribution in [-0.4, -0.2) is 18.9 Å². The van der Waals surface area contributed by atoms with Gasteiger partial charge in [-0.1, -0.05) is 36.4 Å². The van der Waals surface area contributed by atoms with Crippen LogP contribution >= 0.6 is 0 Å². The highest BCUT2D eigenvalue weighted by atomic mass is 16.1. The first-order chi connectivity index (χ1) is 7.81. The molecule has 0 unspecified atom stereocenters. The molecule has 3 nitrogen and oxygen atoms in total. The van der Waals surface area contributed by atoms with Gasteiger partial charge in [0.2, 0.25) is 0 Å². The van der Waals surface area contributed by atoms with E-state index in [-0.39, 0.29) is 18.9 Å². The van der Waals surface area contributed by atoms with Gasteiger partial charge in [0, 0.05) is 11.1 Å². The van der Waals surface area contributed by atoms with Crippen LogP contribution in [0.4, 0.5) is 5.69 Å². The zero-order valence-corrected chi connectivity index (χ0v) is 8.94. The van der Waals surface area contributed by atoms with Crippen LogP contribution in [0.3, 0.4) is 0 Å². The largest absolute Gasteiger partial charge is 0.377 e. The molecule has 0 spiro atoms. The van der Waals surface area contributed by atoms with E-state index in [9.17, 15) is 4.79 Å². The van der Waals surface area contributed by atoms with Gasteiger partial charge in [-0.2, -0.15) is 0 Å². The van der Waals surface area contributed by atoms with Gasteiger partial charge in [-0.05, 0) is 11.5 Å². The van der Waals surface area contributed by atoms with Crippen LogP contribution in [0.5, 0.6) is 0 Å². The summed E-state index contributed by atoms with van der Waals surface area (Å²) < 4.78 is 0. The van der Waals surface area contributed by atoms with Crippen LogP contribution < -0.4 is 11.1 Å². The number of nitrogens with one attached hydrogen (secondary N) is 1. The molecule has 3 heteroatoms. The van der Waals surface area contributed by atoms with Crippen LogP contribution in [0.2, 0.25) is 0 Å². The van der Waals surface area contributed by atoms with Crippen molar-refractivity contribution in [2.45, 2.75) is 0 Å². The predicted molar refractivity (Wildman–Crippen MR) is 66.5 cm³/mol. The van der Waals surface area contributed by atoms with Gasteiger partial charge in [-0.15, -0.1) is 0 Å². The van der Waals surface area contributed by atoms with Crippen LogP contribution in [0.25, 0.3) is 10.8 Å². The number of ketones is 1. The molecule has 0 heterocycles. The van der Waals surface area contributed by atoms with Crippen molar-refractivity contribution in [3.63, 3.8) is 0 Å². The van der Waals surface area contributed by atoms with Gasteiger partial charge in [-0.3, -0.25) is 4.79 Å². The Labute approximate surface area is 94.3 Å². The molecule has 16 heavy (non-hydrogen) atoms. The highest BCUT2D eigenvalue weighted by Gasteiger charge is 2.01. The number of fused-ring (bicyclic) bond motifs is 1. The standard InChI is InChI=1S/C13H14N2O/c14-8-11(16)9-15-13-7-3-5-10-4-1-2-6-12(10)13/h1-7,15H,8-9,14H2. The molecule has 0 aliphatic carbocycles. The summed E-state index contributed by atoms with van der Waals surface area (Å²) in [5.41, 5.74) is 6.23. The van der Waals surface area contributed by atoms with Gasteiger partial charge in [0.05, 0.1) is 13.1 Å². The van der Waals surface area contributed by atoms with E-state index in [4.69, 9.17) is 5.73 Å². The van der Waals surface area contributed by atoms with Gasteiger partial charge >= 0.3 is 0 Å². The Morgan fingerprint density at radius 2 is 1.88 bits per heavy atom. The maximum atomic E-state index is 11.1. The third-order valence-corrected chi connectivity index (χ3v) is 2.49. The molecular weight excluding hydrogens is 200 g/mol. The Bertz CT molecular complexity index is 503. The number of carbonyl (C=O) groups excluding carboxylic acids is 1. The molecule has 0 amide bonds. The van der Waals surface area contributed by atoms with E-state index in [1.54, 1.807) is 0 Å². The molecule has 0 radical (unpaired) electrons. The summed E-state index contributed by atoms with van der Waals surface area (Å²) in [5.74, 6) is 0.00735. The highest BCUT2D eigenvalue weighted by Crippen LogP contribution is 2.22. The first-order valence-electron chi connectivity index (χ1n) is 5.24. The normalized spacial score (nSPS) is 10.3. The molecule has 0 aliphatic heterocycles. The van der Waals surface area contributed by atoms with Gasteiger partial charge in [0.1, 0.15) is 0 Å². The van der Waals surface area contributed by atoms with Crippen LogP contribution in [-0.2, 0) is 4.79 Å². The van der Waals surface area contributed by atoms with Crippen molar-refractivity contribution in [1.29, 1.82) is 0 Å². The van der Waals surface area contributed by atoms with Crippen molar-refractivity contribution < 1.29 is 4.79 Å². The molecule has 0 fully saturated rings. The average molecular weight is 214 g/mol. The first kappa shape index (κ1) is 10.6. The molecule has 0 aromatic heterocycles. The minimum absolute atomic E-state index is 0.00735. The van der Waals surface area contributed by atoms with Crippen molar-refractivity contribution in [2.75, 3.05) is 18.4 Å². The van der Waals surface area contributed by atoms with Crippen molar-refractivity contribution in [1.82, 2.24) is 0 Å². The molecule has 0 atom stereocenters. The number of hydrogen-bond donors (Lipinski definition) is 2. The van der Waals surface area contributed by atoms with Crippen LogP contribution in [0, 0.1) is 0 Å². The fourth-order valence-electron chi connectivity index (χ4n) is 1.65. The topological polar surface area (TPSA) is 55.1 Å². The quantitative estimate of drug-likeness (QED) is 0.815. The second kappa shape index (κ2) is 4.77. The van der Waals surface area contributed by atoms with Crippen molar-refractivity contribution in [3.8, 4) is 0 Å². The number of nitrogens with two attached hydrogens (primary N) is 1. The lowest BCUT2D eigenvalue weighted by Gasteiger charge is -2.08. The minimum Gasteiger partial charge on any atom is -0.377 e. The Balaban J connectivity index is 2.27. The summed E-state index contributed by atoms with van der Waals surface area (Å²) in [6, 6.07) is 14.0. The third kappa shape index (κ3) is 2.20. The summed E-state index contributed by atoms with van der Waals surface area (Å²) >= 11 is 0. The maximum Gasteiger partial charge on any atom is 0.165 e. The third-order valence-electron chi connectivity index (χ3n) is 2.49. The number of carbonyl (C=O) groups is 1. The predicted octanol–water partition coefficient (Wildman–Crippen LogP) is 1.78. The zero-order valence-electron chi connectivity index (χ0n) is 8.94. The van der Waals surface area contributed by atoms with E-state index < -0.39 is 0 Å². The summed E-state index contributed by atoms with van der Waals surface area (Å²) in [6.45, 7) is 0.363. The first-order valence-corrected chi connectivity index (χ1v) is 5.24. The molecule has 0 aliphatic rings. The zero-order chi connectivity index (χ0) is 11.4. The van der Waals surface area contributed by atoms with Crippen LogP contribution in [0.15, 0.2) is 42.5 Å².